The average molecular weight is 365 g/mol. The SMILES string of the molecule is CC#CCn1c(N2CCNCC2)nc2c1c(=O)n(C)c(=O)n2CCCl. The third kappa shape index (κ3) is 3.05. The van der Waals surface area contributed by atoms with Crippen molar-refractivity contribution in [2.24, 2.45) is 7.05 Å². The Morgan fingerprint density at radius 2 is 1.96 bits per heavy atom. The number of fused-ring (bicyclic) bond motifs is 1. The van der Waals surface area contributed by atoms with Gasteiger partial charge >= 0.3 is 5.69 Å². The molecule has 0 aliphatic carbocycles. The molecule has 9 heteroatoms. The molecular formula is C16H21ClN6O2. The molecule has 0 aromatic carbocycles. The summed E-state index contributed by atoms with van der Waals surface area (Å²) < 4.78 is 4.38. The minimum atomic E-state index is -0.406. The lowest BCUT2D eigenvalue weighted by Crippen LogP contribution is -2.44. The molecule has 1 aliphatic heterocycles. The van der Waals surface area contributed by atoms with E-state index < -0.39 is 5.69 Å². The molecule has 0 atom stereocenters. The standard InChI is InChI=1S/C16H21ClN6O2/c1-3-4-8-22-12-13(19-15(22)21-10-6-18-7-11-21)23(9-5-17)16(25)20(2)14(12)24/h18H,5-11H2,1-2H3. The van der Waals surface area contributed by atoms with Crippen molar-refractivity contribution < 1.29 is 0 Å². The third-order valence-electron chi connectivity index (χ3n) is 4.33. The van der Waals surface area contributed by atoms with Crippen molar-refractivity contribution in [3.63, 3.8) is 0 Å². The first-order chi connectivity index (χ1) is 12.1. The monoisotopic (exact) mass is 364 g/mol. The van der Waals surface area contributed by atoms with E-state index in [1.807, 2.05) is 4.57 Å². The van der Waals surface area contributed by atoms with Gasteiger partial charge in [0.05, 0.1) is 6.54 Å². The molecule has 0 spiro atoms. The highest BCUT2D eigenvalue weighted by Crippen LogP contribution is 2.20. The second kappa shape index (κ2) is 7.33. The van der Waals surface area contributed by atoms with Crippen LogP contribution in [0.2, 0.25) is 0 Å². The number of aromatic nitrogens is 4. The van der Waals surface area contributed by atoms with Gasteiger partial charge in [0.25, 0.3) is 5.56 Å². The summed E-state index contributed by atoms with van der Waals surface area (Å²) in [6, 6.07) is 0. The van der Waals surface area contributed by atoms with E-state index in [1.165, 1.54) is 11.6 Å². The van der Waals surface area contributed by atoms with Crippen LogP contribution in [0.1, 0.15) is 6.92 Å². The Kier molecular flexibility index (Phi) is 5.16. The van der Waals surface area contributed by atoms with Crippen LogP contribution in [0, 0.1) is 11.8 Å². The summed E-state index contributed by atoms with van der Waals surface area (Å²) in [5.41, 5.74) is -0.00229. The molecule has 2 aromatic heterocycles. The van der Waals surface area contributed by atoms with Crippen LogP contribution in [0.5, 0.6) is 0 Å². The normalized spacial score (nSPS) is 14.6. The minimum Gasteiger partial charge on any atom is -0.340 e. The molecule has 1 fully saturated rings. The molecule has 0 bridgehead atoms. The Labute approximate surface area is 150 Å². The highest BCUT2D eigenvalue weighted by Gasteiger charge is 2.24. The second-order valence-electron chi connectivity index (χ2n) is 5.82. The summed E-state index contributed by atoms with van der Waals surface area (Å²) in [4.78, 5) is 32.0. The molecule has 1 N–H and O–H groups in total. The van der Waals surface area contributed by atoms with Crippen LogP contribution in [-0.2, 0) is 20.1 Å². The molecule has 0 amide bonds. The highest BCUT2D eigenvalue weighted by atomic mass is 35.5. The lowest BCUT2D eigenvalue weighted by atomic mass is 10.4. The molecule has 3 heterocycles. The molecule has 0 saturated carbocycles. The van der Waals surface area contributed by atoms with Crippen LogP contribution >= 0.6 is 11.6 Å². The van der Waals surface area contributed by atoms with Gasteiger partial charge in [0.1, 0.15) is 0 Å². The highest BCUT2D eigenvalue weighted by molar-refractivity contribution is 6.17. The molecule has 2 aromatic rings. The Bertz CT molecular complexity index is 955. The largest absolute Gasteiger partial charge is 0.340 e. The van der Waals surface area contributed by atoms with E-state index in [-0.39, 0.29) is 11.4 Å². The van der Waals surface area contributed by atoms with E-state index in [1.54, 1.807) is 6.92 Å². The molecule has 0 unspecified atom stereocenters. The van der Waals surface area contributed by atoms with Gasteiger partial charge in [0.2, 0.25) is 5.95 Å². The molecule has 134 valence electrons. The number of alkyl halides is 1. The zero-order valence-electron chi connectivity index (χ0n) is 14.4. The van der Waals surface area contributed by atoms with Gasteiger partial charge in [0.15, 0.2) is 11.2 Å². The fourth-order valence-corrected chi connectivity index (χ4v) is 3.21. The number of halogens is 1. The predicted molar refractivity (Wildman–Crippen MR) is 98.5 cm³/mol. The first kappa shape index (κ1) is 17.6. The lowest BCUT2D eigenvalue weighted by Gasteiger charge is -2.28. The number of aryl methyl sites for hydroxylation is 1. The van der Waals surface area contributed by atoms with Gasteiger partial charge in [-0.1, -0.05) is 5.92 Å². The van der Waals surface area contributed by atoms with Crippen LogP contribution in [0.15, 0.2) is 9.59 Å². The van der Waals surface area contributed by atoms with Crippen molar-refractivity contribution in [3.05, 3.63) is 20.8 Å². The van der Waals surface area contributed by atoms with Crippen LogP contribution in [0.3, 0.4) is 0 Å². The number of rotatable bonds is 4. The zero-order chi connectivity index (χ0) is 18.0. The zero-order valence-corrected chi connectivity index (χ0v) is 15.1. The van der Waals surface area contributed by atoms with E-state index in [0.29, 0.717) is 30.2 Å². The fraction of sp³-hybridized carbons (Fsp3) is 0.562. The number of nitrogens with one attached hydrogen (secondary N) is 1. The van der Waals surface area contributed by atoms with Crippen LogP contribution in [0.4, 0.5) is 5.95 Å². The molecule has 3 rings (SSSR count). The maximum atomic E-state index is 12.8. The van der Waals surface area contributed by atoms with Crippen molar-refractivity contribution in [1.82, 2.24) is 24.0 Å². The summed E-state index contributed by atoms with van der Waals surface area (Å²) in [6.45, 7) is 5.64. The van der Waals surface area contributed by atoms with Gasteiger partial charge in [-0.15, -0.1) is 17.5 Å². The Morgan fingerprint density at radius 3 is 2.60 bits per heavy atom. The van der Waals surface area contributed by atoms with Gasteiger partial charge < -0.3 is 10.2 Å². The Hall–Kier alpha value is -2.24. The van der Waals surface area contributed by atoms with E-state index >= 15 is 0 Å². The van der Waals surface area contributed by atoms with Crippen LogP contribution in [-0.4, -0.2) is 50.7 Å². The van der Waals surface area contributed by atoms with Crippen LogP contribution in [0.25, 0.3) is 11.2 Å². The van der Waals surface area contributed by atoms with E-state index in [0.717, 1.165) is 30.7 Å². The number of imidazole rings is 1. The van der Waals surface area contributed by atoms with Gasteiger partial charge in [-0.25, -0.2) is 4.79 Å². The van der Waals surface area contributed by atoms with Crippen LogP contribution < -0.4 is 21.5 Å². The van der Waals surface area contributed by atoms with Gasteiger partial charge in [0, 0.05) is 45.7 Å². The first-order valence-corrected chi connectivity index (χ1v) is 8.75. The Balaban J connectivity index is 2.33. The summed E-state index contributed by atoms with van der Waals surface area (Å²) in [5.74, 6) is 6.80. The van der Waals surface area contributed by atoms with Crippen molar-refractivity contribution in [2.45, 2.75) is 20.0 Å². The van der Waals surface area contributed by atoms with E-state index in [4.69, 9.17) is 11.6 Å². The summed E-state index contributed by atoms with van der Waals surface area (Å²) in [7, 11) is 1.47. The number of piperazine rings is 1. The Morgan fingerprint density at radius 1 is 1.24 bits per heavy atom. The number of hydrogen-bond donors (Lipinski definition) is 1. The van der Waals surface area contributed by atoms with Gasteiger partial charge in [-0.3, -0.25) is 18.5 Å². The maximum Gasteiger partial charge on any atom is 0.332 e. The minimum absolute atomic E-state index is 0.262. The summed E-state index contributed by atoms with van der Waals surface area (Å²) in [5, 5.41) is 3.30. The van der Waals surface area contributed by atoms with Gasteiger partial charge in [-0.05, 0) is 6.92 Å². The van der Waals surface area contributed by atoms with Crippen molar-refractivity contribution in [1.29, 1.82) is 0 Å². The smallest absolute Gasteiger partial charge is 0.332 e. The summed E-state index contributed by atoms with van der Waals surface area (Å²) >= 11 is 5.86. The molecule has 8 nitrogen and oxygen atoms in total. The van der Waals surface area contributed by atoms with Crippen molar-refractivity contribution >= 4 is 28.7 Å². The summed E-state index contributed by atoms with van der Waals surface area (Å²) in [6.07, 6.45) is 0. The maximum absolute atomic E-state index is 12.8. The average Bonchev–Trinajstić information content (AvgIpc) is 3.01. The molecule has 1 saturated heterocycles. The fourth-order valence-electron chi connectivity index (χ4n) is 3.05. The molecule has 25 heavy (non-hydrogen) atoms. The van der Waals surface area contributed by atoms with Crippen molar-refractivity contribution in [3.8, 4) is 11.8 Å². The molecular weight excluding hydrogens is 344 g/mol. The topological polar surface area (TPSA) is 77.1 Å². The number of hydrogen-bond acceptors (Lipinski definition) is 5. The number of nitrogens with zero attached hydrogens (tertiary/aromatic N) is 5. The predicted octanol–water partition coefficient (Wildman–Crippen LogP) is -0.432. The number of anilines is 1. The second-order valence-corrected chi connectivity index (χ2v) is 6.20. The molecule has 1 aliphatic rings. The lowest BCUT2D eigenvalue weighted by molar-refractivity contribution is 0.572. The molecule has 0 radical (unpaired) electrons. The third-order valence-corrected chi connectivity index (χ3v) is 4.50. The van der Waals surface area contributed by atoms with Crippen molar-refractivity contribution in [2.75, 3.05) is 37.0 Å². The van der Waals surface area contributed by atoms with E-state index in [2.05, 4.69) is 27.0 Å². The quantitative estimate of drug-likeness (QED) is 0.588. The van der Waals surface area contributed by atoms with E-state index in [9.17, 15) is 9.59 Å². The van der Waals surface area contributed by atoms with Gasteiger partial charge in [-0.2, -0.15) is 4.98 Å². The first-order valence-electron chi connectivity index (χ1n) is 8.21.